The molecule has 0 amide bonds. The van der Waals surface area contributed by atoms with Crippen LogP contribution in [0.2, 0.25) is 0 Å². The number of nitrogens with one attached hydrogen (secondary N) is 1. The number of rotatable bonds is 6. The molecule has 1 unspecified atom stereocenters. The van der Waals surface area contributed by atoms with Crippen molar-refractivity contribution in [1.82, 2.24) is 10.3 Å². The standard InChI is InChI=1S/C16H21FN2S/c1-4-7-18-15(9-16-19-12(3)10-20-16)14-6-5-13(17)8-11(14)2/h5-6,8,10,15,18H,4,7,9H2,1-3H3. The van der Waals surface area contributed by atoms with Gasteiger partial charge in [0.25, 0.3) is 0 Å². The van der Waals surface area contributed by atoms with Gasteiger partial charge in [0, 0.05) is 23.5 Å². The molecule has 0 saturated heterocycles. The molecule has 1 N–H and O–H groups in total. The molecule has 2 nitrogen and oxygen atoms in total. The minimum absolute atomic E-state index is 0.175. The Morgan fingerprint density at radius 3 is 2.75 bits per heavy atom. The van der Waals surface area contributed by atoms with Gasteiger partial charge in [-0.3, -0.25) is 0 Å². The maximum atomic E-state index is 13.3. The molecule has 0 aliphatic heterocycles. The number of hydrogen-bond acceptors (Lipinski definition) is 3. The van der Waals surface area contributed by atoms with Crippen LogP contribution in [-0.4, -0.2) is 11.5 Å². The SMILES string of the molecule is CCCNC(Cc1nc(C)cs1)c1ccc(F)cc1C. The fourth-order valence-electron chi connectivity index (χ4n) is 2.31. The van der Waals surface area contributed by atoms with E-state index in [0.29, 0.717) is 0 Å². The normalized spacial score (nSPS) is 12.6. The summed E-state index contributed by atoms with van der Waals surface area (Å²) in [5, 5.41) is 6.75. The zero-order valence-corrected chi connectivity index (χ0v) is 13.1. The van der Waals surface area contributed by atoms with Crippen LogP contribution in [-0.2, 0) is 6.42 Å². The molecule has 1 aromatic carbocycles. The first kappa shape index (κ1) is 15.1. The van der Waals surface area contributed by atoms with E-state index in [9.17, 15) is 4.39 Å². The minimum Gasteiger partial charge on any atom is -0.310 e. The van der Waals surface area contributed by atoms with E-state index in [1.165, 1.54) is 6.07 Å². The molecule has 0 saturated carbocycles. The molecular weight excluding hydrogens is 271 g/mol. The first-order chi connectivity index (χ1) is 9.60. The van der Waals surface area contributed by atoms with Crippen LogP contribution in [0.25, 0.3) is 0 Å². The summed E-state index contributed by atoms with van der Waals surface area (Å²) >= 11 is 1.69. The van der Waals surface area contributed by atoms with E-state index in [-0.39, 0.29) is 11.9 Å². The highest BCUT2D eigenvalue weighted by atomic mass is 32.1. The van der Waals surface area contributed by atoms with Crippen LogP contribution in [0.1, 0.15) is 41.2 Å². The van der Waals surface area contributed by atoms with Gasteiger partial charge in [-0.1, -0.05) is 13.0 Å². The summed E-state index contributed by atoms with van der Waals surface area (Å²) in [7, 11) is 0. The fourth-order valence-corrected chi connectivity index (χ4v) is 3.13. The van der Waals surface area contributed by atoms with E-state index < -0.39 is 0 Å². The molecule has 2 rings (SSSR count). The molecule has 4 heteroatoms. The van der Waals surface area contributed by atoms with Crippen molar-refractivity contribution in [3.63, 3.8) is 0 Å². The quantitative estimate of drug-likeness (QED) is 0.864. The number of aromatic nitrogens is 1. The lowest BCUT2D eigenvalue weighted by Crippen LogP contribution is -2.24. The highest BCUT2D eigenvalue weighted by Gasteiger charge is 2.16. The van der Waals surface area contributed by atoms with Gasteiger partial charge in [-0.25, -0.2) is 9.37 Å². The molecule has 108 valence electrons. The number of halogens is 1. The predicted molar refractivity (Wildman–Crippen MR) is 82.7 cm³/mol. The molecular formula is C16H21FN2S. The second kappa shape index (κ2) is 6.95. The van der Waals surface area contributed by atoms with Crippen LogP contribution >= 0.6 is 11.3 Å². The van der Waals surface area contributed by atoms with Crippen molar-refractivity contribution in [1.29, 1.82) is 0 Å². The third kappa shape index (κ3) is 3.87. The molecule has 1 heterocycles. The van der Waals surface area contributed by atoms with Gasteiger partial charge >= 0.3 is 0 Å². The molecule has 20 heavy (non-hydrogen) atoms. The smallest absolute Gasteiger partial charge is 0.123 e. The summed E-state index contributed by atoms with van der Waals surface area (Å²) in [6, 6.07) is 5.22. The number of benzene rings is 1. The summed E-state index contributed by atoms with van der Waals surface area (Å²) in [6.07, 6.45) is 1.93. The molecule has 0 fully saturated rings. The Hall–Kier alpha value is -1.26. The van der Waals surface area contributed by atoms with Gasteiger partial charge in [-0.05, 0) is 50.1 Å². The van der Waals surface area contributed by atoms with Crippen LogP contribution in [0.15, 0.2) is 23.6 Å². The van der Waals surface area contributed by atoms with Gasteiger partial charge in [0.15, 0.2) is 0 Å². The van der Waals surface area contributed by atoms with E-state index in [0.717, 1.165) is 41.2 Å². The van der Waals surface area contributed by atoms with Crippen molar-refractivity contribution >= 4 is 11.3 Å². The molecule has 1 aromatic heterocycles. The second-order valence-electron chi connectivity index (χ2n) is 5.09. The van der Waals surface area contributed by atoms with Crippen molar-refractivity contribution in [3.8, 4) is 0 Å². The number of nitrogens with zero attached hydrogens (tertiary/aromatic N) is 1. The number of hydrogen-bond donors (Lipinski definition) is 1. The monoisotopic (exact) mass is 292 g/mol. The Labute approximate surface area is 124 Å². The Morgan fingerprint density at radius 2 is 2.15 bits per heavy atom. The van der Waals surface area contributed by atoms with E-state index in [1.807, 2.05) is 19.9 Å². The molecule has 2 aromatic rings. The second-order valence-corrected chi connectivity index (χ2v) is 6.04. The van der Waals surface area contributed by atoms with Crippen molar-refractivity contribution in [2.75, 3.05) is 6.54 Å². The summed E-state index contributed by atoms with van der Waals surface area (Å²) in [5.74, 6) is -0.175. The zero-order valence-electron chi connectivity index (χ0n) is 12.2. The van der Waals surface area contributed by atoms with E-state index >= 15 is 0 Å². The Balaban J connectivity index is 2.22. The molecule has 1 atom stereocenters. The average Bonchev–Trinajstić information content (AvgIpc) is 2.80. The van der Waals surface area contributed by atoms with E-state index in [1.54, 1.807) is 17.4 Å². The summed E-state index contributed by atoms with van der Waals surface area (Å²) < 4.78 is 13.3. The third-order valence-electron chi connectivity index (χ3n) is 3.29. The van der Waals surface area contributed by atoms with Gasteiger partial charge in [0.2, 0.25) is 0 Å². The Morgan fingerprint density at radius 1 is 1.35 bits per heavy atom. The largest absolute Gasteiger partial charge is 0.310 e. The first-order valence-electron chi connectivity index (χ1n) is 7.00. The fraction of sp³-hybridized carbons (Fsp3) is 0.438. The predicted octanol–water partition coefficient (Wildman–Crippen LogP) is 4.18. The lowest BCUT2D eigenvalue weighted by Gasteiger charge is -2.20. The van der Waals surface area contributed by atoms with Crippen molar-refractivity contribution in [2.24, 2.45) is 0 Å². The van der Waals surface area contributed by atoms with Crippen LogP contribution in [0.3, 0.4) is 0 Å². The van der Waals surface area contributed by atoms with Crippen molar-refractivity contribution < 1.29 is 4.39 Å². The molecule has 0 spiro atoms. The van der Waals surface area contributed by atoms with Crippen LogP contribution < -0.4 is 5.32 Å². The van der Waals surface area contributed by atoms with Gasteiger partial charge in [0.1, 0.15) is 5.82 Å². The van der Waals surface area contributed by atoms with Crippen molar-refractivity contribution in [2.45, 2.75) is 39.7 Å². The molecule has 0 radical (unpaired) electrons. The maximum Gasteiger partial charge on any atom is 0.123 e. The van der Waals surface area contributed by atoms with Crippen LogP contribution in [0.5, 0.6) is 0 Å². The minimum atomic E-state index is -0.175. The maximum absolute atomic E-state index is 13.3. The average molecular weight is 292 g/mol. The Kier molecular flexibility index (Phi) is 5.26. The molecule has 0 aliphatic carbocycles. The summed E-state index contributed by atoms with van der Waals surface area (Å²) in [6.45, 7) is 7.07. The lowest BCUT2D eigenvalue weighted by molar-refractivity contribution is 0.524. The first-order valence-corrected chi connectivity index (χ1v) is 7.88. The van der Waals surface area contributed by atoms with Gasteiger partial charge in [0.05, 0.1) is 5.01 Å². The third-order valence-corrected chi connectivity index (χ3v) is 4.28. The van der Waals surface area contributed by atoms with E-state index in [4.69, 9.17) is 0 Å². The summed E-state index contributed by atoms with van der Waals surface area (Å²) in [5.41, 5.74) is 3.22. The van der Waals surface area contributed by atoms with E-state index in [2.05, 4.69) is 22.6 Å². The Bertz CT molecular complexity index is 565. The zero-order chi connectivity index (χ0) is 14.5. The topological polar surface area (TPSA) is 24.9 Å². The van der Waals surface area contributed by atoms with Gasteiger partial charge < -0.3 is 5.32 Å². The van der Waals surface area contributed by atoms with Crippen LogP contribution in [0, 0.1) is 19.7 Å². The lowest BCUT2D eigenvalue weighted by atomic mass is 9.98. The van der Waals surface area contributed by atoms with Gasteiger partial charge in [-0.15, -0.1) is 11.3 Å². The molecule has 0 aliphatic rings. The summed E-state index contributed by atoms with van der Waals surface area (Å²) in [4.78, 5) is 4.54. The number of thiazole rings is 1. The molecule has 0 bridgehead atoms. The van der Waals surface area contributed by atoms with Crippen LogP contribution in [0.4, 0.5) is 4.39 Å². The highest BCUT2D eigenvalue weighted by molar-refractivity contribution is 7.09. The van der Waals surface area contributed by atoms with Crippen molar-refractivity contribution in [3.05, 3.63) is 51.2 Å². The highest BCUT2D eigenvalue weighted by Crippen LogP contribution is 2.24. The van der Waals surface area contributed by atoms with Gasteiger partial charge in [-0.2, -0.15) is 0 Å². The number of aryl methyl sites for hydroxylation is 2.